The van der Waals surface area contributed by atoms with E-state index in [1.54, 1.807) is 4.63 Å². The number of aromatic amines is 1. The van der Waals surface area contributed by atoms with Gasteiger partial charge < -0.3 is 4.98 Å². The molecule has 0 unspecified atom stereocenters. The summed E-state index contributed by atoms with van der Waals surface area (Å²) in [6, 6.07) is 0. The number of aromatic nitrogens is 4. The smallest absolute Gasteiger partial charge is 0.159 e. The molecule has 0 aliphatic heterocycles. The molecule has 0 amide bonds. The van der Waals surface area contributed by atoms with Gasteiger partial charge in [0.05, 0.1) is 5.69 Å². The van der Waals surface area contributed by atoms with Crippen LogP contribution in [-0.2, 0) is 19.3 Å². The molecule has 4 heteroatoms. The van der Waals surface area contributed by atoms with Crippen molar-refractivity contribution in [1.29, 1.82) is 0 Å². The predicted molar refractivity (Wildman–Crippen MR) is 60.1 cm³/mol. The third-order valence-corrected chi connectivity index (χ3v) is 2.70. The second kappa shape index (κ2) is 4.04. The second-order valence-electron chi connectivity index (χ2n) is 3.79. The average molecular weight is 206 g/mol. The molecule has 2 rings (SSSR count). The molecule has 0 atom stereocenters. The molecule has 2 aromatic rings. The van der Waals surface area contributed by atoms with Crippen LogP contribution in [0.4, 0.5) is 0 Å². The van der Waals surface area contributed by atoms with Crippen molar-refractivity contribution in [3.63, 3.8) is 0 Å². The topological polar surface area (TPSA) is 46.0 Å². The highest BCUT2D eigenvalue weighted by Gasteiger charge is 2.13. The maximum absolute atomic E-state index is 4.52. The summed E-state index contributed by atoms with van der Waals surface area (Å²) in [7, 11) is 0. The average Bonchev–Trinajstić information content (AvgIpc) is 2.74. The predicted octanol–water partition coefficient (Wildman–Crippen LogP) is 2.13. The van der Waals surface area contributed by atoms with Gasteiger partial charge in [0.15, 0.2) is 5.65 Å². The van der Waals surface area contributed by atoms with Crippen LogP contribution >= 0.6 is 0 Å². The van der Waals surface area contributed by atoms with Crippen LogP contribution in [0.2, 0.25) is 0 Å². The Bertz CT molecular complexity index is 452. The molecule has 0 aliphatic rings. The SMILES string of the molecule is CCCc1nn2nc(CC)[nH]c2c1CC. The van der Waals surface area contributed by atoms with Gasteiger partial charge in [-0.15, -0.1) is 9.73 Å². The van der Waals surface area contributed by atoms with Crippen molar-refractivity contribution in [2.24, 2.45) is 0 Å². The minimum Gasteiger partial charge on any atom is -0.325 e. The van der Waals surface area contributed by atoms with Crippen molar-refractivity contribution in [3.05, 3.63) is 17.1 Å². The van der Waals surface area contributed by atoms with Crippen molar-refractivity contribution < 1.29 is 0 Å². The van der Waals surface area contributed by atoms with Crippen LogP contribution in [-0.4, -0.2) is 19.8 Å². The number of nitrogens with zero attached hydrogens (tertiary/aromatic N) is 3. The Labute approximate surface area is 89.7 Å². The minimum atomic E-state index is 0.926. The van der Waals surface area contributed by atoms with E-state index in [0.717, 1.165) is 37.2 Å². The summed E-state index contributed by atoms with van der Waals surface area (Å²) in [4.78, 5) is 3.33. The summed E-state index contributed by atoms with van der Waals surface area (Å²) in [5.41, 5.74) is 3.60. The van der Waals surface area contributed by atoms with Crippen LogP contribution in [0.15, 0.2) is 0 Å². The largest absolute Gasteiger partial charge is 0.325 e. The van der Waals surface area contributed by atoms with Crippen molar-refractivity contribution in [3.8, 4) is 0 Å². The van der Waals surface area contributed by atoms with E-state index in [2.05, 4.69) is 36.0 Å². The molecule has 2 aromatic heterocycles. The summed E-state index contributed by atoms with van der Waals surface area (Å²) in [5, 5.41) is 8.91. The molecule has 4 nitrogen and oxygen atoms in total. The van der Waals surface area contributed by atoms with Crippen molar-refractivity contribution in [2.45, 2.75) is 46.5 Å². The lowest BCUT2D eigenvalue weighted by atomic mass is 10.1. The molecule has 82 valence electrons. The van der Waals surface area contributed by atoms with Gasteiger partial charge in [0.25, 0.3) is 0 Å². The highest BCUT2D eigenvalue weighted by molar-refractivity contribution is 5.49. The third-order valence-electron chi connectivity index (χ3n) is 2.70. The first-order valence-corrected chi connectivity index (χ1v) is 5.75. The Morgan fingerprint density at radius 1 is 1.13 bits per heavy atom. The molecule has 15 heavy (non-hydrogen) atoms. The van der Waals surface area contributed by atoms with Gasteiger partial charge in [0, 0.05) is 12.0 Å². The Balaban J connectivity index is 2.51. The van der Waals surface area contributed by atoms with Gasteiger partial charge in [-0.3, -0.25) is 0 Å². The molecule has 0 aromatic carbocycles. The fourth-order valence-electron chi connectivity index (χ4n) is 1.92. The third kappa shape index (κ3) is 1.64. The van der Waals surface area contributed by atoms with Crippen LogP contribution in [0, 0.1) is 0 Å². The lowest BCUT2D eigenvalue weighted by Gasteiger charge is -1.95. The van der Waals surface area contributed by atoms with Gasteiger partial charge in [0.1, 0.15) is 5.82 Å². The van der Waals surface area contributed by atoms with E-state index in [1.807, 2.05) is 0 Å². The number of fused-ring (bicyclic) bond motifs is 1. The van der Waals surface area contributed by atoms with Crippen molar-refractivity contribution in [2.75, 3.05) is 0 Å². The molecule has 0 aliphatic carbocycles. The Morgan fingerprint density at radius 2 is 1.93 bits per heavy atom. The Hall–Kier alpha value is -1.32. The summed E-state index contributed by atoms with van der Waals surface area (Å²) in [5.74, 6) is 1.01. The first kappa shape index (κ1) is 10.2. The zero-order chi connectivity index (χ0) is 10.8. The van der Waals surface area contributed by atoms with Crippen LogP contribution in [0.5, 0.6) is 0 Å². The van der Waals surface area contributed by atoms with Gasteiger partial charge in [-0.2, -0.15) is 5.10 Å². The summed E-state index contributed by atoms with van der Waals surface area (Å²) in [6.45, 7) is 6.44. The first-order chi connectivity index (χ1) is 7.30. The molecule has 0 fully saturated rings. The van der Waals surface area contributed by atoms with E-state index in [1.165, 1.54) is 11.3 Å². The molecule has 1 N–H and O–H groups in total. The van der Waals surface area contributed by atoms with Crippen LogP contribution in [0.1, 0.15) is 44.3 Å². The molecular formula is C11H18N4. The summed E-state index contributed by atoms with van der Waals surface area (Å²) >= 11 is 0. The molecule has 2 heterocycles. The molecular weight excluding hydrogens is 188 g/mol. The lowest BCUT2D eigenvalue weighted by molar-refractivity contribution is 0.750. The highest BCUT2D eigenvalue weighted by atomic mass is 15.5. The van der Waals surface area contributed by atoms with E-state index >= 15 is 0 Å². The number of rotatable bonds is 4. The van der Waals surface area contributed by atoms with E-state index in [4.69, 9.17) is 0 Å². The Kier molecular flexibility index (Phi) is 2.75. The van der Waals surface area contributed by atoms with Gasteiger partial charge in [0.2, 0.25) is 0 Å². The van der Waals surface area contributed by atoms with Crippen LogP contribution in [0.3, 0.4) is 0 Å². The summed E-state index contributed by atoms with van der Waals surface area (Å²) in [6.07, 6.45) is 4.12. The van der Waals surface area contributed by atoms with Gasteiger partial charge in [-0.1, -0.05) is 27.2 Å². The zero-order valence-corrected chi connectivity index (χ0v) is 9.67. The lowest BCUT2D eigenvalue weighted by Crippen LogP contribution is -1.93. The second-order valence-corrected chi connectivity index (χ2v) is 3.79. The fourth-order valence-corrected chi connectivity index (χ4v) is 1.92. The fraction of sp³-hybridized carbons (Fsp3) is 0.636. The minimum absolute atomic E-state index is 0.926. The van der Waals surface area contributed by atoms with E-state index < -0.39 is 0 Å². The quantitative estimate of drug-likeness (QED) is 0.833. The molecule has 0 spiro atoms. The maximum Gasteiger partial charge on any atom is 0.159 e. The first-order valence-electron chi connectivity index (χ1n) is 5.75. The van der Waals surface area contributed by atoms with Gasteiger partial charge in [-0.25, -0.2) is 0 Å². The zero-order valence-electron chi connectivity index (χ0n) is 9.67. The number of nitrogens with one attached hydrogen (secondary N) is 1. The molecule has 0 radical (unpaired) electrons. The monoisotopic (exact) mass is 206 g/mol. The molecule has 0 saturated heterocycles. The number of hydrogen-bond donors (Lipinski definition) is 1. The Morgan fingerprint density at radius 3 is 2.53 bits per heavy atom. The highest BCUT2D eigenvalue weighted by Crippen LogP contribution is 2.16. The van der Waals surface area contributed by atoms with E-state index in [9.17, 15) is 0 Å². The van der Waals surface area contributed by atoms with E-state index in [0.29, 0.717) is 0 Å². The standard InChI is InChI=1S/C11H18N4/c1-4-7-9-8(5-2)11-12-10(6-3)14-15(11)13-9/h4-7H2,1-3H3,(H,12,14). The maximum atomic E-state index is 4.52. The van der Waals surface area contributed by atoms with Gasteiger partial charge >= 0.3 is 0 Å². The molecule has 0 saturated carbocycles. The molecule has 0 bridgehead atoms. The number of H-pyrrole nitrogens is 1. The summed E-state index contributed by atoms with van der Waals surface area (Å²) < 4.78 is 1.75. The van der Waals surface area contributed by atoms with Crippen LogP contribution < -0.4 is 0 Å². The number of aryl methyl sites for hydroxylation is 3. The van der Waals surface area contributed by atoms with Gasteiger partial charge in [-0.05, 0) is 12.8 Å². The van der Waals surface area contributed by atoms with Crippen molar-refractivity contribution >= 4 is 5.65 Å². The normalized spacial score (nSPS) is 11.4. The van der Waals surface area contributed by atoms with Crippen molar-refractivity contribution in [1.82, 2.24) is 19.8 Å². The number of hydrogen-bond acceptors (Lipinski definition) is 2. The van der Waals surface area contributed by atoms with E-state index in [-0.39, 0.29) is 0 Å². The van der Waals surface area contributed by atoms with Crippen LogP contribution in [0.25, 0.3) is 5.65 Å².